The van der Waals surface area contributed by atoms with E-state index in [1.54, 1.807) is 19.1 Å². The maximum absolute atomic E-state index is 13.4. The Kier molecular flexibility index (Phi) is 6.65. The first kappa shape index (κ1) is 18.6. The van der Waals surface area contributed by atoms with Gasteiger partial charge in [-0.1, -0.05) is 36.4 Å². The smallest absolute Gasteiger partial charge is 0.251 e. The number of rotatable bonds is 7. The van der Waals surface area contributed by atoms with Crippen LogP contribution in [0.15, 0.2) is 48.5 Å². The predicted octanol–water partition coefficient (Wildman–Crippen LogP) is 2.07. The quantitative estimate of drug-likeness (QED) is 0.673. The van der Waals surface area contributed by atoms with Gasteiger partial charge in [-0.3, -0.25) is 9.59 Å². The molecule has 0 radical (unpaired) electrons. The molecule has 0 aliphatic rings. The van der Waals surface area contributed by atoms with Crippen molar-refractivity contribution in [2.24, 2.45) is 5.73 Å². The van der Waals surface area contributed by atoms with Crippen molar-refractivity contribution < 1.29 is 14.0 Å². The molecule has 0 saturated carbocycles. The van der Waals surface area contributed by atoms with Gasteiger partial charge in [0.05, 0.1) is 0 Å². The van der Waals surface area contributed by atoms with Gasteiger partial charge in [-0.05, 0) is 30.2 Å². The topological polar surface area (TPSA) is 84.2 Å². The molecular weight excluding hydrogens is 321 g/mol. The van der Waals surface area contributed by atoms with Crippen LogP contribution in [-0.4, -0.2) is 24.9 Å². The molecule has 0 aromatic heterocycles. The molecule has 0 bridgehead atoms. The molecule has 2 aromatic carbocycles. The second-order valence-corrected chi connectivity index (χ2v) is 5.79. The minimum atomic E-state index is -0.421. The fourth-order valence-electron chi connectivity index (χ4n) is 2.30. The van der Waals surface area contributed by atoms with E-state index in [9.17, 15) is 14.0 Å². The third kappa shape index (κ3) is 5.69. The van der Waals surface area contributed by atoms with Crippen LogP contribution in [0.4, 0.5) is 4.39 Å². The Morgan fingerprint density at radius 3 is 2.44 bits per heavy atom. The van der Waals surface area contributed by atoms with Gasteiger partial charge in [-0.15, -0.1) is 0 Å². The van der Waals surface area contributed by atoms with Crippen molar-refractivity contribution in [1.29, 1.82) is 0 Å². The van der Waals surface area contributed by atoms with Crippen LogP contribution in [0.2, 0.25) is 0 Å². The van der Waals surface area contributed by atoms with E-state index in [1.165, 1.54) is 6.07 Å². The number of nitrogens with two attached hydrogens (primary N) is 1. The zero-order chi connectivity index (χ0) is 18.2. The van der Waals surface area contributed by atoms with Crippen molar-refractivity contribution in [3.63, 3.8) is 0 Å². The second-order valence-electron chi connectivity index (χ2n) is 5.79. The molecule has 4 N–H and O–H groups in total. The van der Waals surface area contributed by atoms with E-state index in [0.717, 1.165) is 5.56 Å². The fraction of sp³-hybridized carbons (Fsp3) is 0.263. The number of hydrogen-bond acceptors (Lipinski definition) is 3. The number of nitrogens with one attached hydrogen (secondary N) is 2. The lowest BCUT2D eigenvalue weighted by molar-refractivity contribution is -0.121. The van der Waals surface area contributed by atoms with Crippen LogP contribution in [-0.2, 0) is 4.79 Å². The zero-order valence-corrected chi connectivity index (χ0v) is 14.1. The van der Waals surface area contributed by atoms with Crippen molar-refractivity contribution in [3.05, 3.63) is 71.0 Å². The van der Waals surface area contributed by atoms with Gasteiger partial charge in [0.1, 0.15) is 5.82 Å². The number of benzene rings is 2. The number of halogens is 1. The van der Waals surface area contributed by atoms with Crippen LogP contribution in [0.5, 0.6) is 0 Å². The molecule has 5 nitrogen and oxygen atoms in total. The highest BCUT2D eigenvalue weighted by Crippen LogP contribution is 2.12. The molecule has 0 fully saturated rings. The van der Waals surface area contributed by atoms with Crippen molar-refractivity contribution in [1.82, 2.24) is 10.6 Å². The number of hydrogen-bond donors (Lipinski definition) is 3. The summed E-state index contributed by atoms with van der Waals surface area (Å²) in [6.45, 7) is 2.16. The first-order valence-corrected chi connectivity index (χ1v) is 8.09. The van der Waals surface area contributed by atoms with Gasteiger partial charge >= 0.3 is 0 Å². The van der Waals surface area contributed by atoms with Gasteiger partial charge < -0.3 is 16.4 Å². The summed E-state index contributed by atoms with van der Waals surface area (Å²) in [5.74, 6) is -0.989. The molecule has 1 unspecified atom stereocenters. The summed E-state index contributed by atoms with van der Waals surface area (Å²) in [6, 6.07) is 13.3. The molecule has 0 saturated heterocycles. The Bertz CT molecular complexity index is 735. The summed E-state index contributed by atoms with van der Waals surface area (Å²) in [5, 5.41) is 5.34. The molecule has 6 heteroatoms. The van der Waals surface area contributed by atoms with Gasteiger partial charge in [0.25, 0.3) is 5.91 Å². The van der Waals surface area contributed by atoms with Gasteiger partial charge in [-0.25, -0.2) is 4.39 Å². The summed E-state index contributed by atoms with van der Waals surface area (Å²) >= 11 is 0. The van der Waals surface area contributed by atoms with Gasteiger partial charge in [-0.2, -0.15) is 0 Å². The molecule has 1 atom stereocenters. The molecule has 2 amide bonds. The summed E-state index contributed by atoms with van der Waals surface area (Å²) in [5.41, 5.74) is 7.62. The Morgan fingerprint density at radius 1 is 1.08 bits per heavy atom. The highest BCUT2D eigenvalue weighted by molar-refractivity contribution is 5.94. The lowest BCUT2D eigenvalue weighted by Crippen LogP contribution is -2.35. The van der Waals surface area contributed by atoms with Gasteiger partial charge in [0.2, 0.25) is 5.91 Å². The largest absolute Gasteiger partial charge is 0.354 e. The van der Waals surface area contributed by atoms with Crippen molar-refractivity contribution in [3.8, 4) is 0 Å². The third-order valence-electron chi connectivity index (χ3n) is 3.80. The minimum Gasteiger partial charge on any atom is -0.354 e. The minimum absolute atomic E-state index is 0.168. The van der Waals surface area contributed by atoms with Crippen LogP contribution in [0, 0.1) is 12.7 Å². The van der Waals surface area contributed by atoms with Crippen molar-refractivity contribution >= 4 is 11.8 Å². The molecule has 0 aliphatic carbocycles. The van der Waals surface area contributed by atoms with Crippen molar-refractivity contribution in [2.45, 2.75) is 19.4 Å². The highest BCUT2D eigenvalue weighted by Gasteiger charge is 2.11. The Balaban J connectivity index is 1.70. The first-order valence-electron chi connectivity index (χ1n) is 8.09. The zero-order valence-electron chi connectivity index (χ0n) is 14.1. The summed E-state index contributed by atoms with van der Waals surface area (Å²) in [7, 11) is 0. The average molecular weight is 343 g/mol. The van der Waals surface area contributed by atoms with E-state index >= 15 is 0 Å². The van der Waals surface area contributed by atoms with E-state index in [2.05, 4.69) is 10.6 Å². The molecular formula is C19H22FN3O2. The average Bonchev–Trinajstić information content (AvgIpc) is 2.61. The lowest BCUT2D eigenvalue weighted by Gasteiger charge is -2.12. The van der Waals surface area contributed by atoms with Gasteiger partial charge in [0.15, 0.2) is 0 Å². The third-order valence-corrected chi connectivity index (χ3v) is 3.80. The number of carbonyl (C=O) groups excluding carboxylic acids is 2. The van der Waals surface area contributed by atoms with E-state index in [1.807, 2.05) is 30.3 Å². The van der Waals surface area contributed by atoms with E-state index in [-0.39, 0.29) is 42.9 Å². The number of amides is 2. The first-order chi connectivity index (χ1) is 12.0. The van der Waals surface area contributed by atoms with Gasteiger partial charge in [0, 0.05) is 31.1 Å². The highest BCUT2D eigenvalue weighted by atomic mass is 19.1. The molecule has 2 rings (SSSR count). The summed E-state index contributed by atoms with van der Waals surface area (Å²) in [6.07, 6.45) is 0.168. The lowest BCUT2D eigenvalue weighted by atomic mass is 10.0. The SMILES string of the molecule is Cc1ccc(C(=O)NCCNC(=O)CC(N)c2ccccc2)cc1F. The predicted molar refractivity (Wildman–Crippen MR) is 94.5 cm³/mol. The fourth-order valence-corrected chi connectivity index (χ4v) is 2.30. The molecule has 0 aliphatic heterocycles. The monoisotopic (exact) mass is 343 g/mol. The Labute approximate surface area is 146 Å². The molecule has 132 valence electrons. The maximum Gasteiger partial charge on any atom is 0.251 e. The molecule has 25 heavy (non-hydrogen) atoms. The summed E-state index contributed by atoms with van der Waals surface area (Å²) in [4.78, 5) is 23.8. The normalized spacial score (nSPS) is 11.6. The standard InChI is InChI=1S/C19H22FN3O2/c1-13-7-8-15(11-16(13)20)19(25)23-10-9-22-18(24)12-17(21)14-5-3-2-4-6-14/h2-8,11,17H,9-10,12,21H2,1H3,(H,22,24)(H,23,25). The van der Waals surface area contributed by atoms with Crippen LogP contribution in [0.25, 0.3) is 0 Å². The van der Waals surface area contributed by atoms with E-state index in [4.69, 9.17) is 5.73 Å². The molecule has 0 heterocycles. The Morgan fingerprint density at radius 2 is 1.76 bits per heavy atom. The number of carbonyl (C=O) groups is 2. The van der Waals surface area contributed by atoms with Crippen LogP contribution < -0.4 is 16.4 Å². The van der Waals surface area contributed by atoms with Crippen LogP contribution in [0.3, 0.4) is 0 Å². The number of aryl methyl sites for hydroxylation is 1. The van der Waals surface area contributed by atoms with E-state index < -0.39 is 5.82 Å². The summed E-state index contributed by atoms with van der Waals surface area (Å²) < 4.78 is 13.4. The van der Waals surface area contributed by atoms with Crippen molar-refractivity contribution in [2.75, 3.05) is 13.1 Å². The molecule has 2 aromatic rings. The molecule has 0 spiro atoms. The van der Waals surface area contributed by atoms with E-state index in [0.29, 0.717) is 5.56 Å². The second kappa shape index (κ2) is 8.94. The van der Waals surface area contributed by atoms with Crippen LogP contribution in [0.1, 0.15) is 33.9 Å². The Hall–Kier alpha value is -2.73. The maximum atomic E-state index is 13.4. The van der Waals surface area contributed by atoms with Crippen LogP contribution >= 0.6 is 0 Å².